The highest BCUT2D eigenvalue weighted by Gasteiger charge is 2.16. The van der Waals surface area contributed by atoms with Gasteiger partial charge in [0.05, 0.1) is 5.70 Å². The summed E-state index contributed by atoms with van der Waals surface area (Å²) in [5.74, 6) is 0.719. The van der Waals surface area contributed by atoms with Crippen LogP contribution in [0.2, 0.25) is 5.02 Å². The van der Waals surface area contributed by atoms with Gasteiger partial charge in [-0.1, -0.05) is 23.7 Å². The van der Waals surface area contributed by atoms with Crippen LogP contribution in [0.5, 0.6) is 0 Å². The molecule has 2 aromatic rings. The Labute approximate surface area is 174 Å². The molecule has 0 bridgehead atoms. The van der Waals surface area contributed by atoms with E-state index in [1.54, 1.807) is 52.2 Å². The van der Waals surface area contributed by atoms with Crippen LogP contribution in [0.3, 0.4) is 0 Å². The highest BCUT2D eigenvalue weighted by Crippen LogP contribution is 2.24. The molecule has 0 radical (unpaired) electrons. The minimum atomic E-state index is -0.567. The molecule has 1 heterocycles. The summed E-state index contributed by atoms with van der Waals surface area (Å²) in [4.78, 5) is 24.4. The average Bonchev–Trinajstić information content (AvgIpc) is 2.65. The number of carbonyl (C=O) groups is 1. The van der Waals surface area contributed by atoms with E-state index >= 15 is 0 Å². The van der Waals surface area contributed by atoms with Crippen molar-refractivity contribution in [2.45, 2.75) is 32.9 Å². The fourth-order valence-corrected chi connectivity index (χ4v) is 2.45. The summed E-state index contributed by atoms with van der Waals surface area (Å²) in [7, 11) is 1.73. The lowest BCUT2D eigenvalue weighted by Gasteiger charge is -2.19. The Morgan fingerprint density at radius 3 is 2.69 bits per heavy atom. The number of hydrogen-bond donors (Lipinski definition) is 4. The van der Waals surface area contributed by atoms with Crippen molar-refractivity contribution in [3.63, 3.8) is 0 Å². The van der Waals surface area contributed by atoms with E-state index in [9.17, 15) is 4.79 Å². The molecule has 1 aromatic carbocycles. The molecule has 1 amide bonds. The lowest BCUT2D eigenvalue weighted by molar-refractivity contribution is 0.0523. The molecule has 0 spiro atoms. The number of hydrogen-bond acceptors (Lipinski definition) is 8. The largest absolute Gasteiger partial charge is 0.444 e. The topological polar surface area (TPSA) is 125 Å². The first-order valence-corrected chi connectivity index (χ1v) is 9.19. The molecule has 10 heteroatoms. The van der Waals surface area contributed by atoms with Gasteiger partial charge in [0, 0.05) is 36.6 Å². The molecule has 0 atom stereocenters. The molecule has 154 valence electrons. The van der Waals surface area contributed by atoms with Crippen molar-refractivity contribution in [1.29, 1.82) is 5.41 Å². The summed E-state index contributed by atoms with van der Waals surface area (Å²) >= 11 is 6.36. The van der Waals surface area contributed by atoms with Gasteiger partial charge in [-0.15, -0.1) is 0 Å². The zero-order chi connectivity index (χ0) is 21.4. The van der Waals surface area contributed by atoms with Gasteiger partial charge in [-0.3, -0.25) is 0 Å². The number of halogens is 1. The van der Waals surface area contributed by atoms with Crippen molar-refractivity contribution < 1.29 is 9.53 Å². The molecule has 0 unspecified atom stereocenters. The number of anilines is 1. The summed E-state index contributed by atoms with van der Waals surface area (Å²) in [5.41, 5.74) is 1.35. The molecule has 0 aliphatic heterocycles. The third-order valence-corrected chi connectivity index (χ3v) is 3.77. The predicted octanol–water partition coefficient (Wildman–Crippen LogP) is 3.34. The number of amides is 1. The molecule has 0 saturated heterocycles. The first-order chi connectivity index (χ1) is 13.7. The van der Waals surface area contributed by atoms with E-state index in [0.717, 1.165) is 11.8 Å². The fourth-order valence-electron chi connectivity index (χ4n) is 2.21. The van der Waals surface area contributed by atoms with Gasteiger partial charge in [-0.05, 0) is 32.4 Å². The van der Waals surface area contributed by atoms with Gasteiger partial charge in [-0.25, -0.2) is 14.8 Å². The maximum absolute atomic E-state index is 11.8. The van der Waals surface area contributed by atoms with Crippen LogP contribution in [-0.4, -0.2) is 39.9 Å². The third-order valence-electron chi connectivity index (χ3n) is 3.42. The van der Waals surface area contributed by atoms with Crippen molar-refractivity contribution in [1.82, 2.24) is 25.6 Å². The summed E-state index contributed by atoms with van der Waals surface area (Å²) in [6.07, 6.45) is 3.61. The quantitative estimate of drug-likeness (QED) is 0.509. The van der Waals surface area contributed by atoms with Crippen LogP contribution in [-0.2, 0) is 11.3 Å². The Bertz CT molecular complexity index is 910. The second-order valence-corrected chi connectivity index (χ2v) is 7.36. The van der Waals surface area contributed by atoms with E-state index < -0.39 is 11.7 Å². The van der Waals surface area contributed by atoms with Gasteiger partial charge in [0.25, 0.3) is 0 Å². The van der Waals surface area contributed by atoms with Crippen molar-refractivity contribution in [2.24, 2.45) is 0 Å². The molecule has 0 fully saturated rings. The maximum atomic E-state index is 11.8. The van der Waals surface area contributed by atoms with Crippen molar-refractivity contribution >= 4 is 29.9 Å². The zero-order valence-electron chi connectivity index (χ0n) is 16.7. The number of benzene rings is 1. The van der Waals surface area contributed by atoms with Gasteiger partial charge in [0.1, 0.15) is 11.9 Å². The molecule has 0 aliphatic carbocycles. The van der Waals surface area contributed by atoms with E-state index in [1.807, 2.05) is 0 Å². The van der Waals surface area contributed by atoms with E-state index in [-0.39, 0.29) is 6.54 Å². The fraction of sp³-hybridized carbons (Fsp3) is 0.316. The van der Waals surface area contributed by atoms with Gasteiger partial charge >= 0.3 is 6.09 Å². The van der Waals surface area contributed by atoms with Gasteiger partial charge in [0.15, 0.2) is 5.82 Å². The van der Waals surface area contributed by atoms with Crippen LogP contribution in [0.25, 0.3) is 11.4 Å². The predicted molar refractivity (Wildman–Crippen MR) is 113 cm³/mol. The number of carbonyl (C=O) groups excluding carboxylic acids is 1. The lowest BCUT2D eigenvalue weighted by Crippen LogP contribution is -2.32. The number of nitrogens with zero attached hydrogens (tertiary/aromatic N) is 3. The molecule has 0 saturated carbocycles. The van der Waals surface area contributed by atoms with E-state index in [0.29, 0.717) is 28.1 Å². The van der Waals surface area contributed by atoms with Crippen LogP contribution < -0.4 is 16.0 Å². The summed E-state index contributed by atoms with van der Waals surface area (Å²) < 4.78 is 5.21. The monoisotopic (exact) mass is 417 g/mol. The number of aromatic nitrogens is 3. The molecule has 4 N–H and O–H groups in total. The van der Waals surface area contributed by atoms with E-state index in [2.05, 4.69) is 30.9 Å². The SMILES string of the molecule is CN/C=C(\C=N)Nc1ncnc(-c2ccc(CNC(=O)OC(C)(C)C)c(Cl)c2)n1. The zero-order valence-corrected chi connectivity index (χ0v) is 17.5. The Morgan fingerprint density at radius 2 is 2.07 bits per heavy atom. The van der Waals surface area contributed by atoms with Crippen LogP contribution in [0.15, 0.2) is 36.4 Å². The van der Waals surface area contributed by atoms with Gasteiger partial charge in [-0.2, -0.15) is 4.98 Å². The average molecular weight is 418 g/mol. The third kappa shape index (κ3) is 7.04. The van der Waals surface area contributed by atoms with Gasteiger partial charge < -0.3 is 26.1 Å². The number of ether oxygens (including phenoxy) is 1. The minimum Gasteiger partial charge on any atom is -0.444 e. The molecule has 9 nitrogen and oxygen atoms in total. The standard InChI is InChI=1S/C19H24ClN7O2/c1-19(2,3)29-18(28)23-9-13-6-5-12(7-15(13)20)16-24-11-25-17(27-16)26-14(8-21)10-22-4/h5-8,10-11,21-22H,9H2,1-4H3,(H,23,28)(H,24,25,26,27)/b14-10+,21-8?. The Morgan fingerprint density at radius 1 is 1.31 bits per heavy atom. The van der Waals surface area contributed by atoms with Crippen molar-refractivity contribution in [3.05, 3.63) is 47.0 Å². The number of nitrogens with one attached hydrogen (secondary N) is 4. The smallest absolute Gasteiger partial charge is 0.407 e. The molecular formula is C19H24ClN7O2. The second-order valence-electron chi connectivity index (χ2n) is 6.95. The van der Waals surface area contributed by atoms with E-state index in [4.69, 9.17) is 21.7 Å². The van der Waals surface area contributed by atoms with Gasteiger partial charge in [0.2, 0.25) is 5.95 Å². The highest BCUT2D eigenvalue weighted by molar-refractivity contribution is 6.31. The maximum Gasteiger partial charge on any atom is 0.407 e. The number of allylic oxidation sites excluding steroid dienone is 1. The molecule has 2 rings (SSSR count). The normalized spacial score (nSPS) is 11.6. The Balaban J connectivity index is 2.12. The van der Waals surface area contributed by atoms with Crippen LogP contribution in [0, 0.1) is 5.41 Å². The summed E-state index contributed by atoms with van der Waals surface area (Å²) in [5, 5.41) is 16.3. The van der Waals surface area contributed by atoms with Crippen LogP contribution in [0.4, 0.5) is 10.7 Å². The van der Waals surface area contributed by atoms with Crippen LogP contribution in [0.1, 0.15) is 26.3 Å². The second kappa shape index (κ2) is 9.83. The first-order valence-electron chi connectivity index (χ1n) is 8.81. The van der Waals surface area contributed by atoms with Crippen LogP contribution >= 0.6 is 11.6 Å². The number of rotatable bonds is 7. The Kier molecular flexibility index (Phi) is 7.49. The first kappa shape index (κ1) is 22.1. The molecule has 29 heavy (non-hydrogen) atoms. The molecular weight excluding hydrogens is 394 g/mol. The highest BCUT2D eigenvalue weighted by atomic mass is 35.5. The van der Waals surface area contributed by atoms with Crippen molar-refractivity contribution in [3.8, 4) is 11.4 Å². The van der Waals surface area contributed by atoms with E-state index in [1.165, 1.54) is 6.33 Å². The van der Waals surface area contributed by atoms with Crippen molar-refractivity contribution in [2.75, 3.05) is 12.4 Å². The summed E-state index contributed by atoms with van der Waals surface area (Å²) in [6.45, 7) is 5.62. The Hall–Kier alpha value is -3.20. The molecule has 0 aliphatic rings. The number of alkyl carbamates (subject to hydrolysis) is 1. The molecule has 1 aromatic heterocycles. The lowest BCUT2D eigenvalue weighted by atomic mass is 10.1. The minimum absolute atomic E-state index is 0.232. The summed E-state index contributed by atoms with van der Waals surface area (Å²) in [6, 6.07) is 5.31.